The SMILES string of the molecule is O=C(O)CCNC1=C(O)C2=C(C(=O)C1=O)C1C3=C(C(=O)C=CC3=O)C2c2ccccc21. The van der Waals surface area contributed by atoms with E-state index in [0.29, 0.717) is 11.1 Å². The lowest BCUT2D eigenvalue weighted by atomic mass is 9.56. The minimum Gasteiger partial charge on any atom is -0.505 e. The third-order valence-corrected chi connectivity index (χ3v) is 6.08. The fourth-order valence-electron chi connectivity index (χ4n) is 4.90. The van der Waals surface area contributed by atoms with E-state index in [1.807, 2.05) is 0 Å². The van der Waals surface area contributed by atoms with E-state index in [4.69, 9.17) is 5.11 Å². The minimum absolute atomic E-state index is 0.00480. The number of aliphatic carboxylic acids is 1. The van der Waals surface area contributed by atoms with Gasteiger partial charge in [-0.15, -0.1) is 0 Å². The first kappa shape index (κ1) is 18.9. The maximum absolute atomic E-state index is 13.1. The lowest BCUT2D eigenvalue weighted by Gasteiger charge is -2.44. The van der Waals surface area contributed by atoms with Gasteiger partial charge in [0, 0.05) is 40.7 Å². The van der Waals surface area contributed by atoms with E-state index < -0.39 is 40.9 Å². The molecule has 8 heteroatoms. The van der Waals surface area contributed by atoms with Gasteiger partial charge in [-0.25, -0.2) is 0 Å². The van der Waals surface area contributed by atoms with Gasteiger partial charge in [-0.05, 0) is 23.3 Å². The van der Waals surface area contributed by atoms with Crippen LogP contribution in [-0.2, 0) is 24.0 Å². The highest BCUT2D eigenvalue weighted by Crippen LogP contribution is 2.59. The van der Waals surface area contributed by atoms with Crippen LogP contribution in [0.25, 0.3) is 0 Å². The smallest absolute Gasteiger partial charge is 0.305 e. The van der Waals surface area contributed by atoms with Gasteiger partial charge in [0.15, 0.2) is 11.6 Å². The number of carbonyl (C=O) groups is 5. The van der Waals surface area contributed by atoms with E-state index in [1.165, 1.54) is 6.08 Å². The molecular weight excluding hydrogens is 402 g/mol. The average Bonchev–Trinajstić information content (AvgIpc) is 2.76. The van der Waals surface area contributed by atoms with Gasteiger partial charge in [0.05, 0.1) is 6.42 Å². The van der Waals surface area contributed by atoms with Crippen LogP contribution in [0.4, 0.5) is 0 Å². The average molecular weight is 417 g/mol. The van der Waals surface area contributed by atoms with Gasteiger partial charge in [0.1, 0.15) is 11.5 Å². The molecule has 0 heterocycles. The Morgan fingerprint density at radius 3 is 1.94 bits per heavy atom. The first-order valence-electron chi connectivity index (χ1n) is 9.65. The summed E-state index contributed by atoms with van der Waals surface area (Å²) in [6.45, 7) is -0.171. The lowest BCUT2D eigenvalue weighted by molar-refractivity contribution is -0.137. The highest BCUT2D eigenvalue weighted by Gasteiger charge is 2.54. The summed E-state index contributed by atoms with van der Waals surface area (Å²) in [6.07, 6.45) is 2.01. The molecule has 3 N–H and O–H groups in total. The van der Waals surface area contributed by atoms with Crippen molar-refractivity contribution in [2.24, 2.45) is 0 Å². The second kappa shape index (κ2) is 6.46. The molecule has 2 atom stereocenters. The van der Waals surface area contributed by atoms with Crippen LogP contribution in [0.3, 0.4) is 0 Å². The number of ketones is 4. The summed E-state index contributed by atoms with van der Waals surface area (Å²) in [6, 6.07) is 7.01. The number of Topliss-reactive ketones (excluding diaryl/α,β-unsaturated/α-hetero) is 2. The Morgan fingerprint density at radius 2 is 1.39 bits per heavy atom. The van der Waals surface area contributed by atoms with Crippen molar-refractivity contribution in [3.63, 3.8) is 0 Å². The van der Waals surface area contributed by atoms with Gasteiger partial charge in [0.25, 0.3) is 5.78 Å². The molecule has 1 aromatic carbocycles. The third kappa shape index (κ3) is 2.44. The normalized spacial score (nSPS) is 23.9. The number of aliphatic hydroxyl groups is 1. The molecular formula is C23H15NO7. The molecule has 31 heavy (non-hydrogen) atoms. The Balaban J connectivity index is 1.73. The van der Waals surface area contributed by atoms with Gasteiger partial charge in [0.2, 0.25) is 5.78 Å². The molecule has 0 aliphatic heterocycles. The molecule has 0 fully saturated rings. The molecule has 0 spiro atoms. The van der Waals surface area contributed by atoms with Crippen LogP contribution in [-0.4, -0.2) is 45.9 Å². The summed E-state index contributed by atoms with van der Waals surface area (Å²) >= 11 is 0. The number of allylic oxidation sites excluding steroid dienone is 7. The lowest BCUT2D eigenvalue weighted by Crippen LogP contribution is -2.44. The van der Waals surface area contributed by atoms with Crippen LogP contribution in [0.15, 0.2) is 70.2 Å². The topological polar surface area (TPSA) is 138 Å². The van der Waals surface area contributed by atoms with Gasteiger partial charge in [-0.3, -0.25) is 24.0 Å². The van der Waals surface area contributed by atoms with Crippen LogP contribution < -0.4 is 5.32 Å². The molecule has 0 radical (unpaired) electrons. The van der Waals surface area contributed by atoms with Gasteiger partial charge in [-0.1, -0.05) is 24.3 Å². The van der Waals surface area contributed by atoms with Crippen LogP contribution in [0.1, 0.15) is 29.4 Å². The monoisotopic (exact) mass is 417 g/mol. The number of hydrogen-bond donors (Lipinski definition) is 3. The van der Waals surface area contributed by atoms with Crippen molar-refractivity contribution in [2.45, 2.75) is 18.3 Å². The van der Waals surface area contributed by atoms with Gasteiger partial charge in [-0.2, -0.15) is 0 Å². The number of carboxylic acid groups (broad SMARTS) is 1. The van der Waals surface area contributed by atoms with Crippen LogP contribution >= 0.6 is 0 Å². The first-order valence-corrected chi connectivity index (χ1v) is 9.65. The number of carbonyl (C=O) groups excluding carboxylic acids is 4. The summed E-state index contributed by atoms with van der Waals surface area (Å²) in [5.41, 5.74) is 1.45. The Labute approximate surface area is 175 Å². The molecule has 5 aliphatic carbocycles. The Hall–Kier alpha value is -4.07. The van der Waals surface area contributed by atoms with Crippen molar-refractivity contribution in [3.8, 4) is 0 Å². The molecule has 0 saturated heterocycles. The van der Waals surface area contributed by atoms with Gasteiger partial charge < -0.3 is 15.5 Å². The van der Waals surface area contributed by atoms with Crippen LogP contribution in [0, 0.1) is 0 Å². The Kier molecular flexibility index (Phi) is 3.95. The predicted octanol–water partition coefficient (Wildman–Crippen LogP) is 1.17. The van der Waals surface area contributed by atoms with E-state index >= 15 is 0 Å². The second-order valence-corrected chi connectivity index (χ2v) is 7.66. The van der Waals surface area contributed by atoms with E-state index in [2.05, 4.69) is 5.32 Å². The molecule has 2 bridgehead atoms. The fraction of sp³-hybridized carbons (Fsp3) is 0.174. The van der Waals surface area contributed by atoms with Crippen molar-refractivity contribution < 1.29 is 34.2 Å². The third-order valence-electron chi connectivity index (χ3n) is 6.08. The Bertz CT molecular complexity index is 1270. The maximum Gasteiger partial charge on any atom is 0.305 e. The molecule has 2 unspecified atom stereocenters. The largest absolute Gasteiger partial charge is 0.505 e. The predicted molar refractivity (Wildman–Crippen MR) is 105 cm³/mol. The Morgan fingerprint density at radius 1 is 0.839 bits per heavy atom. The second-order valence-electron chi connectivity index (χ2n) is 7.66. The molecule has 5 aliphatic rings. The van der Waals surface area contributed by atoms with Crippen LogP contribution in [0.5, 0.6) is 0 Å². The van der Waals surface area contributed by atoms with Crippen molar-refractivity contribution >= 4 is 29.1 Å². The standard InChI is InChI=1S/C23H15NO7/c25-11-5-6-12(26)17-15-10-4-2-1-3-9(10)14(16(11)17)18-19(15)22(30)23(31)20(21(18)29)24-8-7-13(27)28/h1-6,14-15,24,29H,7-8H2,(H,27,28). The zero-order valence-corrected chi connectivity index (χ0v) is 16.0. The zero-order valence-electron chi connectivity index (χ0n) is 16.0. The van der Waals surface area contributed by atoms with E-state index in [1.54, 1.807) is 24.3 Å². The zero-order chi connectivity index (χ0) is 22.0. The van der Waals surface area contributed by atoms with Crippen molar-refractivity contribution in [3.05, 3.63) is 81.3 Å². The molecule has 8 nitrogen and oxygen atoms in total. The van der Waals surface area contributed by atoms with Crippen LogP contribution in [0.2, 0.25) is 0 Å². The van der Waals surface area contributed by atoms with Crippen molar-refractivity contribution in [1.29, 1.82) is 0 Å². The molecule has 6 rings (SSSR count). The summed E-state index contributed by atoms with van der Waals surface area (Å²) in [5.74, 6) is -6.07. The molecule has 154 valence electrons. The number of aliphatic hydroxyl groups excluding tert-OH is 1. The quantitative estimate of drug-likeness (QED) is 0.377. The highest BCUT2D eigenvalue weighted by atomic mass is 16.4. The van der Waals surface area contributed by atoms with Crippen molar-refractivity contribution in [2.75, 3.05) is 6.54 Å². The highest BCUT2D eigenvalue weighted by molar-refractivity contribution is 6.51. The number of rotatable bonds is 4. The van der Waals surface area contributed by atoms with E-state index in [0.717, 1.165) is 6.08 Å². The van der Waals surface area contributed by atoms with E-state index in [-0.39, 0.29) is 46.7 Å². The first-order chi connectivity index (χ1) is 14.8. The minimum atomic E-state index is -1.11. The summed E-state index contributed by atoms with van der Waals surface area (Å²) in [5, 5.41) is 22.4. The summed E-state index contributed by atoms with van der Waals surface area (Å²) < 4.78 is 0. The molecule has 0 saturated carbocycles. The van der Waals surface area contributed by atoms with Gasteiger partial charge >= 0.3 is 5.97 Å². The number of nitrogens with one attached hydrogen (secondary N) is 1. The maximum atomic E-state index is 13.1. The summed E-state index contributed by atoms with van der Waals surface area (Å²) in [7, 11) is 0. The summed E-state index contributed by atoms with van der Waals surface area (Å²) in [4.78, 5) is 62.2. The van der Waals surface area contributed by atoms with Crippen molar-refractivity contribution in [1.82, 2.24) is 5.32 Å². The fourth-order valence-corrected chi connectivity index (χ4v) is 4.90. The number of benzene rings is 1. The number of carboxylic acids is 1. The van der Waals surface area contributed by atoms with E-state index in [9.17, 15) is 29.1 Å². The molecule has 0 aromatic heterocycles. The molecule has 0 amide bonds. The number of hydrogen-bond acceptors (Lipinski definition) is 7. The molecule has 1 aromatic rings.